The zero-order valence-electron chi connectivity index (χ0n) is 18.7. The highest BCUT2D eigenvalue weighted by atomic mass is 16.5. The molecule has 3 aromatic rings. The molecule has 0 spiro atoms. The number of rotatable bonds is 7. The maximum absolute atomic E-state index is 12.6. The molecule has 1 heterocycles. The van der Waals surface area contributed by atoms with E-state index in [1.54, 1.807) is 6.92 Å². The van der Waals surface area contributed by atoms with Crippen molar-refractivity contribution in [3.05, 3.63) is 77.1 Å². The fourth-order valence-electron chi connectivity index (χ4n) is 3.54. The number of esters is 1. The Bertz CT molecular complexity index is 1070. The SMILES string of the molecule is Cc1nn(-c2ccccc2)c(C)c1CC(=O)O[C@H](C)C(=O)Nc1ccccc1C(C)C. The highest BCUT2D eigenvalue weighted by Crippen LogP contribution is 2.24. The van der Waals surface area contributed by atoms with Crippen molar-refractivity contribution in [2.75, 3.05) is 5.32 Å². The average molecular weight is 420 g/mol. The molecule has 1 aromatic heterocycles. The second-order valence-electron chi connectivity index (χ2n) is 7.94. The third-order valence-electron chi connectivity index (χ3n) is 5.28. The van der Waals surface area contributed by atoms with Gasteiger partial charge in [-0.25, -0.2) is 4.68 Å². The van der Waals surface area contributed by atoms with Crippen molar-refractivity contribution in [1.29, 1.82) is 0 Å². The van der Waals surface area contributed by atoms with Gasteiger partial charge in [0.2, 0.25) is 0 Å². The van der Waals surface area contributed by atoms with E-state index in [-0.39, 0.29) is 18.2 Å². The second-order valence-corrected chi connectivity index (χ2v) is 7.94. The molecule has 1 N–H and O–H groups in total. The lowest BCUT2D eigenvalue weighted by Crippen LogP contribution is -2.31. The van der Waals surface area contributed by atoms with Crippen molar-refractivity contribution in [3.63, 3.8) is 0 Å². The van der Waals surface area contributed by atoms with Crippen LogP contribution in [0.5, 0.6) is 0 Å². The first kappa shape index (κ1) is 22.3. The van der Waals surface area contributed by atoms with Crippen LogP contribution in [0.3, 0.4) is 0 Å². The Hall–Kier alpha value is -3.41. The first-order valence-corrected chi connectivity index (χ1v) is 10.5. The first-order valence-electron chi connectivity index (χ1n) is 10.5. The third-order valence-corrected chi connectivity index (χ3v) is 5.28. The quantitative estimate of drug-likeness (QED) is 0.562. The Morgan fingerprint density at radius 1 is 1.00 bits per heavy atom. The van der Waals surface area contributed by atoms with Gasteiger partial charge < -0.3 is 10.1 Å². The molecule has 6 heteroatoms. The number of aromatic nitrogens is 2. The molecule has 1 atom stereocenters. The van der Waals surface area contributed by atoms with E-state index in [1.165, 1.54) is 0 Å². The minimum atomic E-state index is -0.905. The maximum atomic E-state index is 12.6. The topological polar surface area (TPSA) is 73.2 Å². The van der Waals surface area contributed by atoms with E-state index in [0.717, 1.165) is 33.9 Å². The Kier molecular flexibility index (Phi) is 6.90. The number of nitrogens with one attached hydrogen (secondary N) is 1. The van der Waals surface area contributed by atoms with Crippen molar-refractivity contribution in [1.82, 2.24) is 9.78 Å². The minimum absolute atomic E-state index is 0.0602. The van der Waals surface area contributed by atoms with Crippen LogP contribution in [0, 0.1) is 13.8 Å². The summed E-state index contributed by atoms with van der Waals surface area (Å²) < 4.78 is 7.24. The van der Waals surface area contributed by atoms with E-state index in [4.69, 9.17) is 4.74 Å². The van der Waals surface area contributed by atoms with Crippen LogP contribution in [0.4, 0.5) is 5.69 Å². The lowest BCUT2D eigenvalue weighted by molar-refractivity contribution is -0.152. The lowest BCUT2D eigenvalue weighted by atomic mass is 10.0. The fraction of sp³-hybridized carbons (Fsp3) is 0.320. The number of aryl methyl sites for hydroxylation is 1. The number of anilines is 1. The smallest absolute Gasteiger partial charge is 0.311 e. The summed E-state index contributed by atoms with van der Waals surface area (Å²) in [5.74, 6) is -0.546. The van der Waals surface area contributed by atoms with Crippen molar-refractivity contribution >= 4 is 17.6 Å². The van der Waals surface area contributed by atoms with Gasteiger partial charge >= 0.3 is 5.97 Å². The van der Waals surface area contributed by atoms with Crippen LogP contribution in [-0.2, 0) is 20.7 Å². The number of amides is 1. The Morgan fingerprint density at radius 3 is 2.32 bits per heavy atom. The lowest BCUT2D eigenvalue weighted by Gasteiger charge is -2.17. The maximum Gasteiger partial charge on any atom is 0.311 e. The predicted molar refractivity (Wildman–Crippen MR) is 121 cm³/mol. The first-order chi connectivity index (χ1) is 14.8. The van der Waals surface area contributed by atoms with Crippen molar-refractivity contribution in [2.45, 2.75) is 53.1 Å². The van der Waals surface area contributed by atoms with E-state index in [2.05, 4.69) is 24.3 Å². The Balaban J connectivity index is 1.66. The summed E-state index contributed by atoms with van der Waals surface area (Å²) >= 11 is 0. The van der Waals surface area contributed by atoms with Gasteiger partial charge in [0.05, 0.1) is 17.8 Å². The summed E-state index contributed by atoms with van der Waals surface area (Å²) in [5.41, 5.74) is 5.16. The Labute approximate surface area is 183 Å². The van der Waals surface area contributed by atoms with E-state index in [1.807, 2.05) is 73.1 Å². The van der Waals surface area contributed by atoms with Crippen LogP contribution in [0.25, 0.3) is 5.69 Å². The zero-order chi connectivity index (χ0) is 22.5. The second kappa shape index (κ2) is 9.60. The predicted octanol–water partition coefficient (Wildman–Crippen LogP) is 4.73. The molecule has 0 unspecified atom stereocenters. The summed E-state index contributed by atoms with van der Waals surface area (Å²) in [7, 11) is 0. The molecule has 0 bridgehead atoms. The van der Waals surface area contributed by atoms with Gasteiger partial charge in [-0.2, -0.15) is 5.10 Å². The van der Waals surface area contributed by atoms with E-state index < -0.39 is 12.1 Å². The molecule has 1 amide bonds. The highest BCUT2D eigenvalue weighted by molar-refractivity contribution is 5.95. The molecule has 3 rings (SSSR count). The van der Waals surface area contributed by atoms with Crippen LogP contribution in [0.2, 0.25) is 0 Å². The number of para-hydroxylation sites is 2. The zero-order valence-corrected chi connectivity index (χ0v) is 18.7. The number of nitrogens with zero attached hydrogens (tertiary/aromatic N) is 2. The Morgan fingerprint density at radius 2 is 1.65 bits per heavy atom. The molecular weight excluding hydrogens is 390 g/mol. The number of hydrogen-bond acceptors (Lipinski definition) is 4. The van der Waals surface area contributed by atoms with Gasteiger partial charge in [-0.05, 0) is 50.5 Å². The van der Waals surface area contributed by atoms with Gasteiger partial charge in [-0.3, -0.25) is 9.59 Å². The molecular formula is C25H29N3O3. The largest absolute Gasteiger partial charge is 0.452 e. The summed E-state index contributed by atoms with van der Waals surface area (Å²) in [6.07, 6.45) is -0.845. The minimum Gasteiger partial charge on any atom is -0.452 e. The van der Waals surface area contributed by atoms with E-state index in [9.17, 15) is 9.59 Å². The fourth-order valence-corrected chi connectivity index (χ4v) is 3.54. The van der Waals surface area contributed by atoms with E-state index >= 15 is 0 Å². The van der Waals surface area contributed by atoms with Crippen LogP contribution in [0.1, 0.15) is 49.2 Å². The molecule has 0 saturated heterocycles. The molecule has 0 aliphatic carbocycles. The summed E-state index contributed by atoms with van der Waals surface area (Å²) in [5, 5.41) is 7.44. The summed E-state index contributed by atoms with van der Waals surface area (Å²) in [4.78, 5) is 25.2. The molecule has 0 saturated carbocycles. The molecule has 6 nitrogen and oxygen atoms in total. The highest BCUT2D eigenvalue weighted by Gasteiger charge is 2.22. The molecule has 162 valence electrons. The monoisotopic (exact) mass is 419 g/mol. The van der Waals surface area contributed by atoms with Gasteiger partial charge in [-0.1, -0.05) is 50.2 Å². The van der Waals surface area contributed by atoms with Gasteiger partial charge in [0.15, 0.2) is 6.10 Å². The van der Waals surface area contributed by atoms with Crippen molar-refractivity contribution < 1.29 is 14.3 Å². The van der Waals surface area contributed by atoms with Crippen LogP contribution < -0.4 is 5.32 Å². The van der Waals surface area contributed by atoms with Gasteiger partial charge in [0.25, 0.3) is 5.91 Å². The summed E-state index contributed by atoms with van der Waals surface area (Å²) in [6, 6.07) is 17.4. The third kappa shape index (κ3) is 5.20. The van der Waals surface area contributed by atoms with Crippen LogP contribution >= 0.6 is 0 Å². The molecule has 0 radical (unpaired) electrons. The average Bonchev–Trinajstić information content (AvgIpc) is 3.02. The van der Waals surface area contributed by atoms with E-state index in [0.29, 0.717) is 0 Å². The number of ether oxygens (including phenoxy) is 1. The number of benzene rings is 2. The molecule has 0 aliphatic rings. The van der Waals surface area contributed by atoms with Crippen LogP contribution in [0.15, 0.2) is 54.6 Å². The number of hydrogen-bond donors (Lipinski definition) is 1. The number of carbonyl (C=O) groups is 2. The molecule has 2 aromatic carbocycles. The van der Waals surface area contributed by atoms with Crippen molar-refractivity contribution in [3.8, 4) is 5.69 Å². The van der Waals surface area contributed by atoms with Crippen molar-refractivity contribution in [2.24, 2.45) is 0 Å². The normalized spacial score (nSPS) is 11.9. The number of carbonyl (C=O) groups excluding carboxylic acids is 2. The van der Waals surface area contributed by atoms with Gasteiger partial charge in [-0.15, -0.1) is 0 Å². The standard InChI is InChI=1S/C25H29N3O3/c1-16(2)21-13-9-10-14-23(21)26-25(30)19(5)31-24(29)15-22-17(3)27-28(18(22)4)20-11-7-6-8-12-20/h6-14,16,19H,15H2,1-5H3,(H,26,30)/t19-/m1/s1. The van der Waals surface area contributed by atoms with Gasteiger partial charge in [0, 0.05) is 16.9 Å². The summed E-state index contributed by atoms with van der Waals surface area (Å²) in [6.45, 7) is 9.50. The molecule has 0 aliphatic heterocycles. The van der Waals surface area contributed by atoms with Gasteiger partial charge in [0.1, 0.15) is 0 Å². The van der Waals surface area contributed by atoms with Crippen LogP contribution in [-0.4, -0.2) is 27.8 Å². The molecule has 0 fully saturated rings. The molecule has 31 heavy (non-hydrogen) atoms.